The SMILES string of the molecule is Cc1cccc2c1OC(C(=O)NCc1ccccc1N1CCN(C)CC1)C2. The quantitative estimate of drug-likeness (QED) is 0.904. The summed E-state index contributed by atoms with van der Waals surface area (Å²) in [6.45, 7) is 6.70. The molecule has 2 aromatic rings. The first-order valence-corrected chi connectivity index (χ1v) is 9.66. The number of nitrogens with one attached hydrogen (secondary N) is 1. The minimum Gasteiger partial charge on any atom is -0.480 e. The van der Waals surface area contributed by atoms with E-state index in [9.17, 15) is 4.79 Å². The van der Waals surface area contributed by atoms with Crippen molar-refractivity contribution in [2.45, 2.75) is 26.0 Å². The number of fused-ring (bicyclic) bond motifs is 1. The molecule has 27 heavy (non-hydrogen) atoms. The first kappa shape index (κ1) is 17.9. The normalized spacial score (nSPS) is 19.5. The summed E-state index contributed by atoms with van der Waals surface area (Å²) in [5.74, 6) is 0.828. The van der Waals surface area contributed by atoms with Crippen LogP contribution in [0.25, 0.3) is 0 Å². The molecule has 2 aliphatic heterocycles. The topological polar surface area (TPSA) is 44.8 Å². The molecule has 2 aliphatic rings. The number of aryl methyl sites for hydroxylation is 1. The second-order valence-electron chi connectivity index (χ2n) is 7.51. The van der Waals surface area contributed by atoms with Gasteiger partial charge in [0.1, 0.15) is 5.75 Å². The van der Waals surface area contributed by atoms with Crippen LogP contribution in [0.15, 0.2) is 42.5 Å². The zero-order valence-corrected chi connectivity index (χ0v) is 16.1. The molecule has 2 heterocycles. The van der Waals surface area contributed by atoms with E-state index in [1.54, 1.807) is 0 Å². The van der Waals surface area contributed by atoms with Crippen molar-refractivity contribution in [1.82, 2.24) is 10.2 Å². The third-order valence-corrected chi connectivity index (χ3v) is 5.54. The van der Waals surface area contributed by atoms with Gasteiger partial charge in [-0.15, -0.1) is 0 Å². The molecule has 0 aliphatic carbocycles. The van der Waals surface area contributed by atoms with E-state index in [4.69, 9.17) is 4.74 Å². The summed E-state index contributed by atoms with van der Waals surface area (Å²) >= 11 is 0. The minimum atomic E-state index is -0.433. The zero-order valence-electron chi connectivity index (χ0n) is 16.1. The first-order chi connectivity index (χ1) is 13.1. The second-order valence-corrected chi connectivity index (χ2v) is 7.51. The van der Waals surface area contributed by atoms with Gasteiger partial charge in [0, 0.05) is 44.8 Å². The molecule has 1 saturated heterocycles. The molecule has 1 atom stereocenters. The lowest BCUT2D eigenvalue weighted by atomic mass is 10.1. The van der Waals surface area contributed by atoms with Crippen molar-refractivity contribution in [3.05, 3.63) is 59.2 Å². The van der Waals surface area contributed by atoms with Crippen molar-refractivity contribution in [2.75, 3.05) is 38.1 Å². The van der Waals surface area contributed by atoms with Gasteiger partial charge in [-0.2, -0.15) is 0 Å². The standard InChI is InChI=1S/C22H27N3O2/c1-16-6-5-8-17-14-20(27-21(16)17)22(26)23-15-18-7-3-4-9-19(18)25-12-10-24(2)11-13-25/h3-9,20H,10-15H2,1-2H3,(H,23,26). The Hall–Kier alpha value is -2.53. The van der Waals surface area contributed by atoms with Gasteiger partial charge in [-0.1, -0.05) is 36.4 Å². The molecule has 0 radical (unpaired) electrons. The van der Waals surface area contributed by atoms with E-state index in [2.05, 4.69) is 40.4 Å². The van der Waals surface area contributed by atoms with Crippen LogP contribution in [0.5, 0.6) is 5.75 Å². The number of rotatable bonds is 4. The number of para-hydroxylation sites is 2. The molecular formula is C22H27N3O2. The Kier molecular flexibility index (Phi) is 5.03. The lowest BCUT2D eigenvalue weighted by Gasteiger charge is -2.35. The summed E-state index contributed by atoms with van der Waals surface area (Å²) in [6.07, 6.45) is 0.208. The average molecular weight is 365 g/mol. The maximum Gasteiger partial charge on any atom is 0.261 e. The molecule has 0 spiro atoms. The fourth-order valence-electron chi connectivity index (χ4n) is 3.88. The van der Waals surface area contributed by atoms with Crippen LogP contribution in [0.4, 0.5) is 5.69 Å². The van der Waals surface area contributed by atoms with Crippen molar-refractivity contribution in [3.63, 3.8) is 0 Å². The smallest absolute Gasteiger partial charge is 0.261 e. The molecule has 2 aromatic carbocycles. The molecule has 1 amide bonds. The number of hydrogen-bond acceptors (Lipinski definition) is 4. The van der Waals surface area contributed by atoms with E-state index >= 15 is 0 Å². The summed E-state index contributed by atoms with van der Waals surface area (Å²) in [5, 5.41) is 3.08. The van der Waals surface area contributed by atoms with Crippen LogP contribution in [-0.4, -0.2) is 50.1 Å². The van der Waals surface area contributed by atoms with E-state index in [0.29, 0.717) is 13.0 Å². The van der Waals surface area contributed by atoms with E-state index in [-0.39, 0.29) is 5.91 Å². The third-order valence-electron chi connectivity index (χ3n) is 5.54. The molecule has 1 unspecified atom stereocenters. The number of likely N-dealkylation sites (N-methyl/N-ethyl adjacent to an activating group) is 1. The number of hydrogen-bond donors (Lipinski definition) is 1. The second kappa shape index (κ2) is 7.61. The lowest BCUT2D eigenvalue weighted by molar-refractivity contribution is -0.127. The van der Waals surface area contributed by atoms with E-state index in [1.807, 2.05) is 31.2 Å². The fourth-order valence-corrected chi connectivity index (χ4v) is 3.88. The van der Waals surface area contributed by atoms with Crippen LogP contribution >= 0.6 is 0 Å². The molecule has 5 heteroatoms. The van der Waals surface area contributed by atoms with Crippen molar-refractivity contribution < 1.29 is 9.53 Å². The zero-order chi connectivity index (χ0) is 18.8. The van der Waals surface area contributed by atoms with Crippen LogP contribution < -0.4 is 15.0 Å². The summed E-state index contributed by atoms with van der Waals surface area (Å²) in [7, 11) is 2.16. The van der Waals surface area contributed by atoms with Gasteiger partial charge in [0.25, 0.3) is 5.91 Å². The summed E-state index contributed by atoms with van der Waals surface area (Å²) in [5.41, 5.74) is 4.58. The summed E-state index contributed by atoms with van der Waals surface area (Å²) in [4.78, 5) is 17.4. The molecule has 0 aromatic heterocycles. The molecular weight excluding hydrogens is 338 g/mol. The van der Waals surface area contributed by atoms with Crippen LogP contribution in [0, 0.1) is 6.92 Å². The predicted molar refractivity (Wildman–Crippen MR) is 107 cm³/mol. The Labute approximate surface area is 160 Å². The Balaban J connectivity index is 1.40. The summed E-state index contributed by atoms with van der Waals surface area (Å²) < 4.78 is 5.92. The highest BCUT2D eigenvalue weighted by Gasteiger charge is 2.30. The largest absolute Gasteiger partial charge is 0.480 e. The number of benzene rings is 2. The maximum absolute atomic E-state index is 12.7. The average Bonchev–Trinajstić information content (AvgIpc) is 3.13. The molecule has 0 saturated carbocycles. The minimum absolute atomic E-state index is 0.0428. The number of anilines is 1. The van der Waals surface area contributed by atoms with Crippen LogP contribution in [0.2, 0.25) is 0 Å². The number of amides is 1. The predicted octanol–water partition coefficient (Wildman–Crippen LogP) is 2.37. The molecule has 4 rings (SSSR count). The number of carbonyl (C=O) groups excluding carboxylic acids is 1. The van der Waals surface area contributed by atoms with Gasteiger partial charge in [0.05, 0.1) is 0 Å². The molecule has 5 nitrogen and oxygen atoms in total. The Morgan fingerprint density at radius 1 is 1.11 bits per heavy atom. The van der Waals surface area contributed by atoms with Gasteiger partial charge < -0.3 is 19.9 Å². The molecule has 1 N–H and O–H groups in total. The van der Waals surface area contributed by atoms with E-state index < -0.39 is 6.10 Å². The number of nitrogens with zero attached hydrogens (tertiary/aromatic N) is 2. The van der Waals surface area contributed by atoms with Gasteiger partial charge >= 0.3 is 0 Å². The molecule has 142 valence electrons. The van der Waals surface area contributed by atoms with E-state index in [0.717, 1.165) is 48.6 Å². The van der Waals surface area contributed by atoms with Gasteiger partial charge in [-0.3, -0.25) is 4.79 Å². The number of ether oxygens (including phenoxy) is 1. The van der Waals surface area contributed by atoms with Gasteiger partial charge in [0.15, 0.2) is 6.10 Å². The van der Waals surface area contributed by atoms with Crippen molar-refractivity contribution in [1.29, 1.82) is 0 Å². The highest BCUT2D eigenvalue weighted by molar-refractivity contribution is 5.82. The van der Waals surface area contributed by atoms with Crippen LogP contribution in [0.3, 0.4) is 0 Å². The maximum atomic E-state index is 12.7. The third kappa shape index (κ3) is 3.78. The van der Waals surface area contributed by atoms with Crippen molar-refractivity contribution >= 4 is 11.6 Å². The molecule has 1 fully saturated rings. The number of piperazine rings is 1. The molecule has 0 bridgehead atoms. The van der Waals surface area contributed by atoms with E-state index in [1.165, 1.54) is 5.69 Å². The van der Waals surface area contributed by atoms with Crippen LogP contribution in [0.1, 0.15) is 16.7 Å². The fraction of sp³-hybridized carbons (Fsp3) is 0.409. The highest BCUT2D eigenvalue weighted by atomic mass is 16.5. The van der Waals surface area contributed by atoms with Crippen molar-refractivity contribution in [2.24, 2.45) is 0 Å². The summed E-state index contributed by atoms with van der Waals surface area (Å²) in [6, 6.07) is 14.4. The van der Waals surface area contributed by atoms with Gasteiger partial charge in [-0.05, 0) is 36.7 Å². The Morgan fingerprint density at radius 3 is 2.67 bits per heavy atom. The number of carbonyl (C=O) groups is 1. The van der Waals surface area contributed by atoms with Crippen LogP contribution in [-0.2, 0) is 17.8 Å². The van der Waals surface area contributed by atoms with Gasteiger partial charge in [0.2, 0.25) is 0 Å². The Bertz CT molecular complexity index is 828. The van der Waals surface area contributed by atoms with Gasteiger partial charge in [-0.25, -0.2) is 0 Å². The monoisotopic (exact) mass is 365 g/mol. The first-order valence-electron chi connectivity index (χ1n) is 9.66. The lowest BCUT2D eigenvalue weighted by Crippen LogP contribution is -2.45. The highest BCUT2D eigenvalue weighted by Crippen LogP contribution is 2.32. The Morgan fingerprint density at radius 2 is 1.89 bits per heavy atom. The van der Waals surface area contributed by atoms with Crippen molar-refractivity contribution in [3.8, 4) is 5.75 Å².